The molecule has 3 nitrogen and oxygen atoms in total. The minimum absolute atomic E-state index is 0.123. The Bertz CT molecular complexity index is 706. The topological polar surface area (TPSA) is 46.3 Å². The maximum Gasteiger partial charge on any atom is 0.224 e. The van der Waals surface area contributed by atoms with E-state index in [0.29, 0.717) is 6.54 Å². The molecule has 1 amide bonds. The van der Waals surface area contributed by atoms with Crippen molar-refractivity contribution in [3.63, 3.8) is 0 Å². The Labute approximate surface area is 138 Å². The molecule has 1 aliphatic rings. The first-order valence-electron chi connectivity index (χ1n) is 8.32. The summed E-state index contributed by atoms with van der Waals surface area (Å²) in [5.41, 5.74) is 11.6. The van der Waals surface area contributed by atoms with Gasteiger partial charge in [0, 0.05) is 18.7 Å². The van der Waals surface area contributed by atoms with E-state index in [9.17, 15) is 4.79 Å². The van der Waals surface area contributed by atoms with Crippen LogP contribution in [0.4, 0.5) is 5.69 Å². The number of rotatable bonds is 3. The van der Waals surface area contributed by atoms with Crippen LogP contribution in [-0.4, -0.2) is 18.5 Å². The summed E-state index contributed by atoms with van der Waals surface area (Å²) in [5.74, 6) is 0.123. The van der Waals surface area contributed by atoms with Crippen LogP contribution < -0.4 is 10.6 Å². The molecule has 0 radical (unpaired) electrons. The fraction of sp³-hybridized carbons (Fsp3) is 0.350. The van der Waals surface area contributed by atoms with Gasteiger partial charge in [-0.15, -0.1) is 0 Å². The van der Waals surface area contributed by atoms with Crippen LogP contribution in [-0.2, 0) is 17.6 Å². The quantitative estimate of drug-likeness (QED) is 0.942. The van der Waals surface area contributed by atoms with E-state index in [-0.39, 0.29) is 11.9 Å². The third-order valence-corrected chi connectivity index (χ3v) is 4.67. The van der Waals surface area contributed by atoms with Gasteiger partial charge in [0.1, 0.15) is 0 Å². The molecular weight excluding hydrogens is 284 g/mol. The SMILES string of the molecule is CC(=O)N1c2ccc(-c3ccc(CCN)cc3)cc2CC[C@@H]1C. The predicted molar refractivity (Wildman–Crippen MR) is 95.6 cm³/mol. The zero-order valence-corrected chi connectivity index (χ0v) is 13.9. The van der Waals surface area contributed by atoms with E-state index in [1.165, 1.54) is 22.3 Å². The van der Waals surface area contributed by atoms with Gasteiger partial charge in [0.05, 0.1) is 0 Å². The number of anilines is 1. The Kier molecular flexibility index (Phi) is 4.49. The summed E-state index contributed by atoms with van der Waals surface area (Å²) in [7, 11) is 0. The normalized spacial score (nSPS) is 17.0. The fourth-order valence-electron chi connectivity index (χ4n) is 3.44. The van der Waals surface area contributed by atoms with Crippen molar-refractivity contribution in [1.29, 1.82) is 0 Å². The lowest BCUT2D eigenvalue weighted by Crippen LogP contribution is -2.40. The van der Waals surface area contributed by atoms with Crippen LogP contribution in [0.2, 0.25) is 0 Å². The second-order valence-electron chi connectivity index (χ2n) is 6.36. The van der Waals surface area contributed by atoms with Gasteiger partial charge in [-0.05, 0) is 67.1 Å². The van der Waals surface area contributed by atoms with Crippen molar-refractivity contribution in [1.82, 2.24) is 0 Å². The maximum absolute atomic E-state index is 11.9. The van der Waals surface area contributed by atoms with Crippen molar-refractivity contribution in [2.45, 2.75) is 39.2 Å². The van der Waals surface area contributed by atoms with Crippen LogP contribution >= 0.6 is 0 Å². The van der Waals surface area contributed by atoms with Gasteiger partial charge in [0.2, 0.25) is 5.91 Å². The lowest BCUT2D eigenvalue weighted by Gasteiger charge is -2.34. The van der Waals surface area contributed by atoms with Gasteiger partial charge >= 0.3 is 0 Å². The second kappa shape index (κ2) is 6.55. The summed E-state index contributed by atoms with van der Waals surface area (Å²) in [6, 6.07) is 15.3. The zero-order valence-electron chi connectivity index (χ0n) is 13.9. The van der Waals surface area contributed by atoms with Crippen molar-refractivity contribution in [3.8, 4) is 11.1 Å². The van der Waals surface area contributed by atoms with Crippen LogP contribution in [0.1, 0.15) is 31.4 Å². The smallest absolute Gasteiger partial charge is 0.224 e. The van der Waals surface area contributed by atoms with Crippen LogP contribution in [0.5, 0.6) is 0 Å². The monoisotopic (exact) mass is 308 g/mol. The number of carbonyl (C=O) groups excluding carboxylic acids is 1. The number of hydrogen-bond donors (Lipinski definition) is 1. The number of amides is 1. The Morgan fingerprint density at radius 1 is 1.17 bits per heavy atom. The Balaban J connectivity index is 1.93. The van der Waals surface area contributed by atoms with E-state index in [1.807, 2.05) is 4.90 Å². The zero-order chi connectivity index (χ0) is 16.4. The number of carbonyl (C=O) groups is 1. The maximum atomic E-state index is 11.9. The molecule has 120 valence electrons. The first kappa shape index (κ1) is 15.8. The van der Waals surface area contributed by atoms with Gasteiger partial charge in [0.15, 0.2) is 0 Å². The van der Waals surface area contributed by atoms with Gasteiger partial charge in [-0.3, -0.25) is 4.79 Å². The molecule has 3 rings (SSSR count). The number of aryl methyl sites for hydroxylation is 1. The summed E-state index contributed by atoms with van der Waals surface area (Å²) < 4.78 is 0. The minimum Gasteiger partial charge on any atom is -0.330 e. The van der Waals surface area contributed by atoms with Crippen LogP contribution in [0.3, 0.4) is 0 Å². The standard InChI is InChI=1S/C20H24N2O/c1-14-3-6-19-13-18(9-10-20(19)22(14)15(2)23)17-7-4-16(5-8-17)11-12-21/h4-5,7-10,13-14H,3,6,11-12,21H2,1-2H3/t14-/m0/s1. The molecule has 0 aromatic heterocycles. The van der Waals surface area contributed by atoms with Crippen LogP contribution in [0, 0.1) is 0 Å². The average Bonchev–Trinajstić information content (AvgIpc) is 2.55. The van der Waals surface area contributed by atoms with Crippen molar-refractivity contribution < 1.29 is 4.79 Å². The molecule has 2 aromatic carbocycles. The van der Waals surface area contributed by atoms with Crippen molar-refractivity contribution in [2.24, 2.45) is 5.73 Å². The molecule has 3 heteroatoms. The molecule has 23 heavy (non-hydrogen) atoms. The highest BCUT2D eigenvalue weighted by Crippen LogP contribution is 2.34. The van der Waals surface area contributed by atoms with Crippen LogP contribution in [0.15, 0.2) is 42.5 Å². The fourth-order valence-corrected chi connectivity index (χ4v) is 3.44. The first-order chi connectivity index (χ1) is 11.1. The Hall–Kier alpha value is -2.13. The highest BCUT2D eigenvalue weighted by Gasteiger charge is 2.26. The van der Waals surface area contributed by atoms with E-state index >= 15 is 0 Å². The van der Waals surface area contributed by atoms with Crippen molar-refractivity contribution in [3.05, 3.63) is 53.6 Å². The summed E-state index contributed by atoms with van der Waals surface area (Å²) in [4.78, 5) is 13.9. The largest absolute Gasteiger partial charge is 0.330 e. The summed E-state index contributed by atoms with van der Waals surface area (Å²) >= 11 is 0. The molecule has 0 unspecified atom stereocenters. The molecule has 1 aliphatic heterocycles. The molecule has 0 bridgehead atoms. The number of hydrogen-bond acceptors (Lipinski definition) is 2. The van der Waals surface area contributed by atoms with Gasteiger partial charge in [-0.2, -0.15) is 0 Å². The Morgan fingerprint density at radius 3 is 2.52 bits per heavy atom. The van der Waals surface area contributed by atoms with E-state index in [2.05, 4.69) is 49.4 Å². The molecule has 0 spiro atoms. The van der Waals surface area contributed by atoms with Crippen molar-refractivity contribution >= 4 is 11.6 Å². The number of nitrogens with zero attached hydrogens (tertiary/aromatic N) is 1. The summed E-state index contributed by atoms with van der Waals surface area (Å²) in [5, 5.41) is 0. The molecule has 0 saturated carbocycles. The number of benzene rings is 2. The van der Waals surface area contributed by atoms with Gasteiger partial charge in [0.25, 0.3) is 0 Å². The van der Waals surface area contributed by atoms with E-state index in [1.54, 1.807) is 6.92 Å². The number of nitrogens with two attached hydrogens (primary N) is 1. The van der Waals surface area contributed by atoms with E-state index in [0.717, 1.165) is 24.9 Å². The number of fused-ring (bicyclic) bond motifs is 1. The summed E-state index contributed by atoms with van der Waals surface area (Å²) in [6.07, 6.45) is 2.96. The van der Waals surface area contributed by atoms with Crippen molar-refractivity contribution in [2.75, 3.05) is 11.4 Å². The lowest BCUT2D eigenvalue weighted by molar-refractivity contribution is -0.117. The molecule has 2 aromatic rings. The summed E-state index contributed by atoms with van der Waals surface area (Å²) in [6.45, 7) is 4.45. The molecule has 1 heterocycles. The third kappa shape index (κ3) is 3.15. The van der Waals surface area contributed by atoms with Crippen LogP contribution in [0.25, 0.3) is 11.1 Å². The average molecular weight is 308 g/mol. The predicted octanol–water partition coefficient (Wildman–Crippen LogP) is 3.54. The first-order valence-corrected chi connectivity index (χ1v) is 8.32. The van der Waals surface area contributed by atoms with Gasteiger partial charge < -0.3 is 10.6 Å². The highest BCUT2D eigenvalue weighted by atomic mass is 16.2. The molecule has 0 saturated heterocycles. The molecule has 0 aliphatic carbocycles. The van der Waals surface area contributed by atoms with E-state index < -0.39 is 0 Å². The third-order valence-electron chi connectivity index (χ3n) is 4.67. The van der Waals surface area contributed by atoms with Gasteiger partial charge in [-0.25, -0.2) is 0 Å². The highest BCUT2D eigenvalue weighted by molar-refractivity contribution is 5.94. The van der Waals surface area contributed by atoms with E-state index in [4.69, 9.17) is 5.73 Å². The molecule has 2 N–H and O–H groups in total. The minimum atomic E-state index is 0.123. The molecular formula is C20H24N2O. The lowest BCUT2D eigenvalue weighted by atomic mass is 9.93. The molecule has 1 atom stereocenters. The second-order valence-corrected chi connectivity index (χ2v) is 6.36. The van der Waals surface area contributed by atoms with Gasteiger partial charge in [-0.1, -0.05) is 30.3 Å². The molecule has 0 fully saturated rings. The Morgan fingerprint density at radius 2 is 1.87 bits per heavy atom.